The number of anilines is 1. The summed E-state index contributed by atoms with van der Waals surface area (Å²) in [4.78, 5) is 24.7. The molecule has 0 radical (unpaired) electrons. The van der Waals surface area contributed by atoms with E-state index in [1.807, 2.05) is 0 Å². The molecule has 0 fully saturated rings. The molecule has 0 aliphatic carbocycles. The van der Waals surface area contributed by atoms with Gasteiger partial charge in [0.05, 0.1) is 17.1 Å². The highest BCUT2D eigenvalue weighted by molar-refractivity contribution is 6.02. The largest absolute Gasteiger partial charge is 0.318 e. The monoisotopic (exact) mass is 409 g/mol. The van der Waals surface area contributed by atoms with Gasteiger partial charge in [0.25, 0.3) is 11.5 Å². The number of halogens is 2. The van der Waals surface area contributed by atoms with Crippen molar-refractivity contribution in [3.05, 3.63) is 88.1 Å². The van der Waals surface area contributed by atoms with Gasteiger partial charge in [-0.05, 0) is 65.9 Å². The number of nitrogens with zero attached hydrogens (tertiary/aromatic N) is 6. The van der Waals surface area contributed by atoms with Crippen LogP contribution >= 0.6 is 0 Å². The smallest absolute Gasteiger partial charge is 0.276 e. The normalized spacial score (nSPS) is 10.8. The molecule has 11 heteroatoms. The molecule has 0 aliphatic heterocycles. The summed E-state index contributed by atoms with van der Waals surface area (Å²) in [5.74, 6) is -1.42. The van der Waals surface area contributed by atoms with Crippen molar-refractivity contribution >= 4 is 11.6 Å². The number of amides is 1. The lowest BCUT2D eigenvalue weighted by Crippen LogP contribution is -2.25. The topological polar surface area (TPSA) is 108 Å². The van der Waals surface area contributed by atoms with Crippen LogP contribution in [0.25, 0.3) is 11.4 Å². The average molecular weight is 409 g/mol. The Bertz CT molecular complexity index is 1300. The Kier molecular flexibility index (Phi) is 4.84. The summed E-state index contributed by atoms with van der Waals surface area (Å²) in [7, 11) is 0. The summed E-state index contributed by atoms with van der Waals surface area (Å²) in [5, 5.41) is 17.5. The quantitative estimate of drug-likeness (QED) is 0.553. The summed E-state index contributed by atoms with van der Waals surface area (Å²) >= 11 is 0. The first-order chi connectivity index (χ1) is 14.4. The summed E-state index contributed by atoms with van der Waals surface area (Å²) in [6.07, 6.45) is 0. The van der Waals surface area contributed by atoms with Crippen LogP contribution in [0.4, 0.5) is 14.5 Å². The first-order valence-corrected chi connectivity index (χ1v) is 8.65. The minimum absolute atomic E-state index is 0.117. The number of carbonyl (C=O) groups is 1. The number of rotatable bonds is 4. The molecule has 2 aromatic carbocycles. The fourth-order valence-corrected chi connectivity index (χ4v) is 2.70. The molecular formula is C19H13F2N7O2. The minimum Gasteiger partial charge on any atom is -0.318 e. The first-order valence-electron chi connectivity index (χ1n) is 8.65. The van der Waals surface area contributed by atoms with Crippen molar-refractivity contribution in [2.24, 2.45) is 0 Å². The minimum atomic E-state index is -0.740. The molecule has 1 N–H and O–H groups in total. The van der Waals surface area contributed by atoms with Gasteiger partial charge >= 0.3 is 0 Å². The van der Waals surface area contributed by atoms with E-state index in [1.165, 1.54) is 41.1 Å². The molecule has 0 spiro atoms. The molecule has 30 heavy (non-hydrogen) atoms. The fourth-order valence-electron chi connectivity index (χ4n) is 2.70. The molecule has 150 valence electrons. The SMILES string of the molecule is Cc1nnnn1-c1ccc(F)c(NC(=O)c2ccc(=O)n(-c3ccc(F)cc3)n2)c1. The molecule has 0 unspecified atom stereocenters. The second kappa shape index (κ2) is 7.62. The van der Waals surface area contributed by atoms with Crippen LogP contribution in [0, 0.1) is 18.6 Å². The molecule has 2 aromatic heterocycles. The molecule has 0 atom stereocenters. The first kappa shape index (κ1) is 19.1. The molecule has 0 saturated carbocycles. The lowest BCUT2D eigenvalue weighted by molar-refractivity contribution is 0.102. The van der Waals surface area contributed by atoms with Crippen LogP contribution in [0.15, 0.2) is 59.4 Å². The lowest BCUT2D eigenvalue weighted by Gasteiger charge is -2.10. The summed E-state index contributed by atoms with van der Waals surface area (Å²) < 4.78 is 29.7. The van der Waals surface area contributed by atoms with E-state index >= 15 is 0 Å². The molecule has 4 rings (SSSR count). The Hall–Kier alpha value is -4.28. The van der Waals surface area contributed by atoms with Crippen molar-refractivity contribution in [1.29, 1.82) is 0 Å². The lowest BCUT2D eigenvalue weighted by atomic mass is 10.2. The predicted molar refractivity (Wildman–Crippen MR) is 102 cm³/mol. The number of hydrogen-bond acceptors (Lipinski definition) is 6. The van der Waals surface area contributed by atoms with Gasteiger partial charge in [-0.2, -0.15) is 14.5 Å². The van der Waals surface area contributed by atoms with Crippen molar-refractivity contribution in [2.45, 2.75) is 6.92 Å². The van der Waals surface area contributed by atoms with Gasteiger partial charge in [0.15, 0.2) is 5.82 Å². The van der Waals surface area contributed by atoms with E-state index in [2.05, 4.69) is 25.9 Å². The van der Waals surface area contributed by atoms with Gasteiger partial charge in [0, 0.05) is 6.07 Å². The van der Waals surface area contributed by atoms with Gasteiger partial charge in [-0.25, -0.2) is 8.78 Å². The third kappa shape index (κ3) is 3.68. The Morgan fingerprint density at radius 2 is 1.70 bits per heavy atom. The zero-order valence-corrected chi connectivity index (χ0v) is 15.5. The Morgan fingerprint density at radius 3 is 2.40 bits per heavy atom. The Morgan fingerprint density at radius 1 is 0.967 bits per heavy atom. The Labute approximate surface area is 167 Å². The highest BCUT2D eigenvalue weighted by Gasteiger charge is 2.15. The van der Waals surface area contributed by atoms with Gasteiger partial charge in [-0.15, -0.1) is 5.10 Å². The molecule has 2 heterocycles. The predicted octanol–water partition coefficient (Wildman–Crippen LogP) is 2.05. The van der Waals surface area contributed by atoms with Crippen LogP contribution in [0.5, 0.6) is 0 Å². The molecule has 0 aliphatic rings. The van der Waals surface area contributed by atoms with Crippen LogP contribution < -0.4 is 10.9 Å². The number of nitrogens with one attached hydrogen (secondary N) is 1. The van der Waals surface area contributed by atoms with Crippen LogP contribution in [-0.2, 0) is 0 Å². The maximum atomic E-state index is 14.2. The van der Waals surface area contributed by atoms with Crippen molar-refractivity contribution < 1.29 is 13.6 Å². The van der Waals surface area contributed by atoms with Crippen molar-refractivity contribution in [3.63, 3.8) is 0 Å². The van der Waals surface area contributed by atoms with E-state index < -0.39 is 23.1 Å². The molecule has 4 aromatic rings. The van der Waals surface area contributed by atoms with E-state index in [9.17, 15) is 18.4 Å². The van der Waals surface area contributed by atoms with E-state index in [0.717, 1.165) is 22.9 Å². The van der Waals surface area contributed by atoms with E-state index in [4.69, 9.17) is 0 Å². The van der Waals surface area contributed by atoms with Crippen LogP contribution in [-0.4, -0.2) is 35.9 Å². The van der Waals surface area contributed by atoms with E-state index in [-0.39, 0.29) is 17.1 Å². The number of carbonyl (C=O) groups excluding carboxylic acids is 1. The molecule has 0 bridgehead atoms. The van der Waals surface area contributed by atoms with Crippen LogP contribution in [0.2, 0.25) is 0 Å². The fraction of sp³-hybridized carbons (Fsp3) is 0.0526. The van der Waals surface area contributed by atoms with Gasteiger partial charge in [0.1, 0.15) is 17.3 Å². The van der Waals surface area contributed by atoms with Gasteiger partial charge in [-0.1, -0.05) is 0 Å². The number of tetrazole rings is 1. The summed E-state index contributed by atoms with van der Waals surface area (Å²) in [5.41, 5.74) is -0.0478. The molecule has 1 amide bonds. The standard InChI is InChI=1S/C19H13F2N7O2/c1-11-23-25-26-27(11)14-6-7-15(21)17(10-14)22-19(30)16-8-9-18(29)28(24-16)13-4-2-12(20)3-5-13/h2-10H,1H3,(H,22,30). The van der Waals surface area contributed by atoms with E-state index in [1.54, 1.807) is 6.92 Å². The summed E-state index contributed by atoms with van der Waals surface area (Å²) in [6, 6.07) is 11.4. The second-order valence-corrected chi connectivity index (χ2v) is 6.20. The van der Waals surface area contributed by atoms with Crippen LogP contribution in [0.3, 0.4) is 0 Å². The number of benzene rings is 2. The van der Waals surface area contributed by atoms with Gasteiger partial charge in [0.2, 0.25) is 0 Å². The Balaban J connectivity index is 1.65. The van der Waals surface area contributed by atoms with Crippen LogP contribution in [0.1, 0.15) is 16.3 Å². The van der Waals surface area contributed by atoms with E-state index in [0.29, 0.717) is 11.5 Å². The van der Waals surface area contributed by atoms with Gasteiger partial charge < -0.3 is 5.32 Å². The highest BCUT2D eigenvalue weighted by Crippen LogP contribution is 2.19. The maximum Gasteiger partial charge on any atom is 0.276 e. The zero-order chi connectivity index (χ0) is 21.3. The summed E-state index contributed by atoms with van der Waals surface area (Å²) in [6.45, 7) is 1.67. The third-order valence-electron chi connectivity index (χ3n) is 4.17. The van der Waals surface area contributed by atoms with Crippen molar-refractivity contribution in [1.82, 2.24) is 30.0 Å². The zero-order valence-electron chi connectivity index (χ0n) is 15.5. The number of hydrogen-bond donors (Lipinski definition) is 1. The maximum absolute atomic E-state index is 14.2. The van der Waals surface area contributed by atoms with Crippen molar-refractivity contribution in [2.75, 3.05) is 5.32 Å². The third-order valence-corrected chi connectivity index (χ3v) is 4.17. The number of aryl methyl sites for hydroxylation is 1. The average Bonchev–Trinajstić information content (AvgIpc) is 3.16. The van der Waals surface area contributed by atoms with Crippen molar-refractivity contribution in [3.8, 4) is 11.4 Å². The highest BCUT2D eigenvalue weighted by atomic mass is 19.1. The molecular weight excluding hydrogens is 396 g/mol. The number of aromatic nitrogens is 6. The molecule has 9 nitrogen and oxygen atoms in total. The second-order valence-electron chi connectivity index (χ2n) is 6.20. The molecule has 0 saturated heterocycles. The van der Waals surface area contributed by atoms with Gasteiger partial charge in [-0.3, -0.25) is 9.59 Å².